The zero-order chi connectivity index (χ0) is 8.39. The maximum absolute atomic E-state index is 5.53. The summed E-state index contributed by atoms with van der Waals surface area (Å²) in [5.74, 6) is 0.958. The number of hydrogen-bond donors (Lipinski definition) is 1. The van der Waals surface area contributed by atoms with Crippen molar-refractivity contribution >= 4 is 5.90 Å². The zero-order valence-electron chi connectivity index (χ0n) is 7.55. The normalized spacial score (nSPS) is 34.9. The van der Waals surface area contributed by atoms with Gasteiger partial charge < -0.3 is 10.1 Å². The van der Waals surface area contributed by atoms with E-state index in [2.05, 4.69) is 17.2 Å². The van der Waals surface area contributed by atoms with Gasteiger partial charge in [0.15, 0.2) is 0 Å². The lowest BCUT2D eigenvalue weighted by Gasteiger charge is -2.08. The lowest BCUT2D eigenvalue weighted by Crippen LogP contribution is -2.30. The van der Waals surface area contributed by atoms with Gasteiger partial charge in [-0.25, -0.2) is 4.99 Å². The molecule has 2 rings (SSSR count). The molecule has 2 heterocycles. The molecular formula is C9H16N2O. The molecule has 2 atom stereocenters. The quantitative estimate of drug-likeness (QED) is 0.666. The molecule has 0 aromatic rings. The van der Waals surface area contributed by atoms with Crippen LogP contribution in [0.4, 0.5) is 0 Å². The molecule has 2 aliphatic heterocycles. The molecule has 3 heteroatoms. The Morgan fingerprint density at radius 2 is 2.58 bits per heavy atom. The van der Waals surface area contributed by atoms with E-state index in [1.54, 1.807) is 0 Å². The van der Waals surface area contributed by atoms with Gasteiger partial charge in [-0.2, -0.15) is 0 Å². The van der Waals surface area contributed by atoms with Gasteiger partial charge in [0.1, 0.15) is 6.61 Å². The van der Waals surface area contributed by atoms with Gasteiger partial charge in [0.25, 0.3) is 0 Å². The number of aliphatic imine (C=N–C) groups is 1. The van der Waals surface area contributed by atoms with E-state index in [0.717, 1.165) is 25.5 Å². The maximum atomic E-state index is 5.53. The Hall–Kier alpha value is -0.570. The molecule has 0 aliphatic carbocycles. The van der Waals surface area contributed by atoms with Gasteiger partial charge in [-0.05, 0) is 25.8 Å². The molecule has 0 bridgehead atoms. The molecule has 12 heavy (non-hydrogen) atoms. The Labute approximate surface area is 73.2 Å². The van der Waals surface area contributed by atoms with E-state index in [-0.39, 0.29) is 0 Å². The van der Waals surface area contributed by atoms with Crippen molar-refractivity contribution in [1.82, 2.24) is 5.32 Å². The smallest absolute Gasteiger partial charge is 0.201 e. The lowest BCUT2D eigenvalue weighted by atomic mass is 10.2. The monoisotopic (exact) mass is 168 g/mol. The van der Waals surface area contributed by atoms with Crippen LogP contribution in [0.25, 0.3) is 0 Å². The van der Waals surface area contributed by atoms with Gasteiger partial charge in [0.2, 0.25) is 5.90 Å². The minimum Gasteiger partial charge on any atom is -0.478 e. The summed E-state index contributed by atoms with van der Waals surface area (Å²) >= 11 is 0. The second-order valence-corrected chi connectivity index (χ2v) is 3.49. The lowest BCUT2D eigenvalue weighted by molar-refractivity contribution is 0.301. The third-order valence-corrected chi connectivity index (χ3v) is 2.56. The predicted octanol–water partition coefficient (Wildman–Crippen LogP) is 0.946. The topological polar surface area (TPSA) is 33.6 Å². The fourth-order valence-electron chi connectivity index (χ4n) is 1.73. The van der Waals surface area contributed by atoms with Crippen molar-refractivity contribution in [2.45, 2.75) is 38.3 Å². The second-order valence-electron chi connectivity index (χ2n) is 3.49. The van der Waals surface area contributed by atoms with Crippen molar-refractivity contribution in [2.24, 2.45) is 4.99 Å². The van der Waals surface area contributed by atoms with E-state index in [9.17, 15) is 0 Å². The molecule has 0 aromatic heterocycles. The third-order valence-electron chi connectivity index (χ3n) is 2.56. The molecule has 1 fully saturated rings. The Bertz CT molecular complexity index is 185. The molecule has 0 amide bonds. The van der Waals surface area contributed by atoms with E-state index in [0.29, 0.717) is 12.1 Å². The van der Waals surface area contributed by atoms with Crippen LogP contribution in [0.2, 0.25) is 0 Å². The van der Waals surface area contributed by atoms with Crippen LogP contribution < -0.4 is 5.32 Å². The highest BCUT2D eigenvalue weighted by Gasteiger charge is 2.26. The highest BCUT2D eigenvalue weighted by Crippen LogP contribution is 2.15. The van der Waals surface area contributed by atoms with Crippen molar-refractivity contribution in [3.05, 3.63) is 0 Å². The molecule has 68 valence electrons. The standard InChI is InChI=1S/C9H16N2O/c1-2-7-6-12-9(11-7)8-4-3-5-10-8/h7-8,10H,2-6H2,1H3/t7-,8-/m0/s1. The number of hydrogen-bond acceptors (Lipinski definition) is 3. The number of nitrogens with one attached hydrogen (secondary N) is 1. The first kappa shape index (κ1) is 8.05. The van der Waals surface area contributed by atoms with Crippen LogP contribution in [0.5, 0.6) is 0 Å². The minimum absolute atomic E-state index is 0.418. The fourth-order valence-corrected chi connectivity index (χ4v) is 1.73. The summed E-state index contributed by atoms with van der Waals surface area (Å²) in [4.78, 5) is 4.52. The zero-order valence-corrected chi connectivity index (χ0v) is 7.55. The van der Waals surface area contributed by atoms with Gasteiger partial charge in [-0.1, -0.05) is 6.92 Å². The van der Waals surface area contributed by atoms with E-state index in [1.165, 1.54) is 12.8 Å². The van der Waals surface area contributed by atoms with Crippen molar-refractivity contribution < 1.29 is 4.74 Å². The number of rotatable bonds is 2. The first-order valence-electron chi connectivity index (χ1n) is 4.84. The Morgan fingerprint density at radius 1 is 1.67 bits per heavy atom. The highest BCUT2D eigenvalue weighted by atomic mass is 16.5. The Morgan fingerprint density at radius 3 is 3.17 bits per heavy atom. The van der Waals surface area contributed by atoms with Gasteiger partial charge in [-0.15, -0.1) is 0 Å². The van der Waals surface area contributed by atoms with Gasteiger partial charge in [0, 0.05) is 0 Å². The van der Waals surface area contributed by atoms with E-state index < -0.39 is 0 Å². The minimum atomic E-state index is 0.418. The summed E-state index contributed by atoms with van der Waals surface area (Å²) in [7, 11) is 0. The van der Waals surface area contributed by atoms with E-state index in [1.807, 2.05) is 0 Å². The largest absolute Gasteiger partial charge is 0.478 e. The molecule has 0 aromatic carbocycles. The van der Waals surface area contributed by atoms with Crippen LogP contribution in [-0.2, 0) is 4.74 Å². The fraction of sp³-hybridized carbons (Fsp3) is 0.889. The van der Waals surface area contributed by atoms with Crippen molar-refractivity contribution in [3.8, 4) is 0 Å². The van der Waals surface area contributed by atoms with Crippen molar-refractivity contribution in [1.29, 1.82) is 0 Å². The molecule has 0 saturated carbocycles. The van der Waals surface area contributed by atoms with Gasteiger partial charge >= 0.3 is 0 Å². The average Bonchev–Trinajstić information content (AvgIpc) is 2.75. The van der Waals surface area contributed by atoms with Crippen molar-refractivity contribution in [2.75, 3.05) is 13.2 Å². The molecule has 0 unspecified atom stereocenters. The maximum Gasteiger partial charge on any atom is 0.201 e. The summed E-state index contributed by atoms with van der Waals surface area (Å²) < 4.78 is 5.53. The van der Waals surface area contributed by atoms with E-state index in [4.69, 9.17) is 4.74 Å². The van der Waals surface area contributed by atoms with Crippen LogP contribution in [0, 0.1) is 0 Å². The first-order chi connectivity index (χ1) is 5.90. The number of ether oxygens (including phenoxy) is 1. The summed E-state index contributed by atoms with van der Waals surface area (Å²) in [6, 6.07) is 0.837. The molecule has 1 N–H and O–H groups in total. The van der Waals surface area contributed by atoms with Crippen LogP contribution in [0.1, 0.15) is 26.2 Å². The van der Waals surface area contributed by atoms with Gasteiger partial charge in [-0.3, -0.25) is 0 Å². The van der Waals surface area contributed by atoms with E-state index >= 15 is 0 Å². The van der Waals surface area contributed by atoms with Crippen molar-refractivity contribution in [3.63, 3.8) is 0 Å². The molecular weight excluding hydrogens is 152 g/mol. The van der Waals surface area contributed by atoms with Crippen LogP contribution in [0.3, 0.4) is 0 Å². The number of nitrogens with zero attached hydrogens (tertiary/aromatic N) is 1. The first-order valence-corrected chi connectivity index (χ1v) is 4.84. The van der Waals surface area contributed by atoms with Gasteiger partial charge in [0.05, 0.1) is 12.1 Å². The summed E-state index contributed by atoms with van der Waals surface area (Å²) in [5, 5.41) is 3.39. The SMILES string of the molecule is CC[C@H]1COC([C@@H]2CCCN2)=N1. The highest BCUT2D eigenvalue weighted by molar-refractivity contribution is 5.83. The van der Waals surface area contributed by atoms with Crippen LogP contribution >= 0.6 is 0 Å². The van der Waals surface area contributed by atoms with Crippen LogP contribution in [-0.4, -0.2) is 31.1 Å². The Kier molecular flexibility index (Phi) is 2.30. The summed E-state index contributed by atoms with van der Waals surface area (Å²) in [6.07, 6.45) is 3.54. The molecule has 1 saturated heterocycles. The third kappa shape index (κ3) is 1.46. The Balaban J connectivity index is 1.95. The molecule has 0 spiro atoms. The van der Waals surface area contributed by atoms with Crippen LogP contribution in [0.15, 0.2) is 4.99 Å². The average molecular weight is 168 g/mol. The summed E-state index contributed by atoms with van der Waals surface area (Å²) in [5.41, 5.74) is 0. The molecule has 2 aliphatic rings. The molecule has 0 radical (unpaired) electrons. The second kappa shape index (κ2) is 3.44. The molecule has 3 nitrogen and oxygen atoms in total. The predicted molar refractivity (Wildman–Crippen MR) is 48.5 cm³/mol. The summed E-state index contributed by atoms with van der Waals surface area (Å²) in [6.45, 7) is 4.07.